The van der Waals surface area contributed by atoms with Gasteiger partial charge in [-0.15, -0.1) is 11.3 Å². The fourth-order valence-electron chi connectivity index (χ4n) is 1.28. The molecule has 0 saturated carbocycles. The van der Waals surface area contributed by atoms with Crippen molar-refractivity contribution in [2.24, 2.45) is 0 Å². The lowest BCUT2D eigenvalue weighted by Crippen LogP contribution is -2.11. The van der Waals surface area contributed by atoms with Crippen molar-refractivity contribution in [3.63, 3.8) is 0 Å². The van der Waals surface area contributed by atoms with Crippen molar-refractivity contribution < 1.29 is 4.79 Å². The number of thiophene rings is 1. The molecule has 0 aromatic carbocycles. The quantitative estimate of drug-likeness (QED) is 0.717. The number of nitrogens with one attached hydrogen (secondary N) is 1. The molecule has 0 fully saturated rings. The Morgan fingerprint density at radius 2 is 2.17 bits per heavy atom. The summed E-state index contributed by atoms with van der Waals surface area (Å²) < 4.78 is 1.73. The van der Waals surface area contributed by atoms with Gasteiger partial charge in [-0.2, -0.15) is 0 Å². The number of anilines is 1. The average molecular weight is 411 g/mol. The van der Waals surface area contributed by atoms with E-state index >= 15 is 0 Å². The second-order valence-corrected chi connectivity index (χ2v) is 7.12. The molecule has 0 aliphatic carbocycles. The highest BCUT2D eigenvalue weighted by Gasteiger charge is 2.13. The minimum absolute atomic E-state index is 0.208. The minimum Gasteiger partial charge on any atom is -0.319 e. The smallest absolute Gasteiger partial charge is 0.265 e. The Balaban J connectivity index is 2.23. The molecule has 94 valence electrons. The molecule has 0 atom stereocenters. The van der Waals surface area contributed by atoms with Crippen LogP contribution in [-0.2, 0) is 0 Å². The number of aromatic nitrogens is 1. The van der Waals surface area contributed by atoms with Crippen molar-refractivity contribution in [3.8, 4) is 0 Å². The molecule has 18 heavy (non-hydrogen) atoms. The first-order valence-electron chi connectivity index (χ1n) is 4.85. The van der Waals surface area contributed by atoms with Crippen molar-refractivity contribution in [2.45, 2.75) is 6.92 Å². The lowest BCUT2D eigenvalue weighted by atomic mass is 10.3. The number of nitrogens with zero attached hydrogens (tertiary/aromatic N) is 1. The third kappa shape index (κ3) is 3.12. The molecular weight excluding hydrogens is 403 g/mol. The highest BCUT2D eigenvalue weighted by molar-refractivity contribution is 9.13. The van der Waals surface area contributed by atoms with Crippen LogP contribution in [0.1, 0.15) is 15.2 Å². The number of rotatable bonds is 2. The Bertz CT molecular complexity index is 596. The first-order chi connectivity index (χ1) is 8.47. The van der Waals surface area contributed by atoms with Crippen LogP contribution in [-0.4, -0.2) is 10.9 Å². The largest absolute Gasteiger partial charge is 0.319 e. The Kier molecular flexibility index (Phi) is 4.42. The van der Waals surface area contributed by atoms with Crippen LogP contribution in [0.15, 0.2) is 26.6 Å². The van der Waals surface area contributed by atoms with Crippen LogP contribution in [0.4, 0.5) is 5.69 Å². The van der Waals surface area contributed by atoms with E-state index in [0.29, 0.717) is 10.6 Å². The molecule has 0 saturated heterocycles. The molecular formula is C11H7Br2ClN2OS. The maximum Gasteiger partial charge on any atom is 0.265 e. The molecule has 1 amide bonds. The topological polar surface area (TPSA) is 42.0 Å². The third-order valence-corrected chi connectivity index (χ3v) is 5.65. The van der Waals surface area contributed by atoms with Gasteiger partial charge in [0.1, 0.15) is 0 Å². The van der Waals surface area contributed by atoms with E-state index in [1.54, 1.807) is 18.3 Å². The van der Waals surface area contributed by atoms with Gasteiger partial charge in [0.15, 0.2) is 5.15 Å². The minimum atomic E-state index is -0.208. The number of pyridine rings is 1. The normalized spacial score (nSPS) is 10.4. The second kappa shape index (κ2) is 5.69. The lowest BCUT2D eigenvalue weighted by Gasteiger charge is -2.05. The van der Waals surface area contributed by atoms with Crippen LogP contribution in [0, 0.1) is 6.92 Å². The first kappa shape index (κ1) is 14.0. The predicted molar refractivity (Wildman–Crippen MR) is 81.7 cm³/mol. The number of amides is 1. The van der Waals surface area contributed by atoms with E-state index in [0.717, 1.165) is 13.8 Å². The average Bonchev–Trinajstić information content (AvgIpc) is 2.64. The lowest BCUT2D eigenvalue weighted by molar-refractivity contribution is 0.103. The summed E-state index contributed by atoms with van der Waals surface area (Å²) in [5.41, 5.74) is 1.45. The standard InChI is InChI=1S/C11H7Br2ClN2OS/c1-5-2-7(10(14)15-4-5)16-11(17)8-3-6(12)9(13)18-8/h2-4H,1H3,(H,16,17). The number of carbonyl (C=O) groups is 1. The van der Waals surface area contributed by atoms with E-state index in [-0.39, 0.29) is 11.1 Å². The monoisotopic (exact) mass is 408 g/mol. The zero-order valence-corrected chi connectivity index (χ0v) is 13.9. The SMILES string of the molecule is Cc1cnc(Cl)c(NC(=O)c2cc(Br)c(Br)s2)c1. The van der Waals surface area contributed by atoms with Gasteiger partial charge < -0.3 is 5.32 Å². The van der Waals surface area contributed by atoms with Crippen molar-refractivity contribution in [2.75, 3.05) is 5.32 Å². The van der Waals surface area contributed by atoms with Gasteiger partial charge in [-0.1, -0.05) is 11.6 Å². The molecule has 3 nitrogen and oxygen atoms in total. The highest BCUT2D eigenvalue weighted by atomic mass is 79.9. The summed E-state index contributed by atoms with van der Waals surface area (Å²) in [5.74, 6) is -0.208. The van der Waals surface area contributed by atoms with Gasteiger partial charge in [0.05, 0.1) is 14.4 Å². The van der Waals surface area contributed by atoms with Gasteiger partial charge >= 0.3 is 0 Å². The van der Waals surface area contributed by atoms with E-state index in [1.807, 2.05) is 6.92 Å². The van der Waals surface area contributed by atoms with E-state index in [9.17, 15) is 4.79 Å². The fraction of sp³-hybridized carbons (Fsp3) is 0.0909. The Morgan fingerprint density at radius 1 is 1.44 bits per heavy atom. The maximum atomic E-state index is 12.0. The van der Waals surface area contributed by atoms with E-state index in [2.05, 4.69) is 42.2 Å². The number of halogens is 3. The molecule has 0 spiro atoms. The van der Waals surface area contributed by atoms with Crippen LogP contribution in [0.3, 0.4) is 0 Å². The van der Waals surface area contributed by atoms with Crippen LogP contribution in [0.2, 0.25) is 5.15 Å². The predicted octanol–water partition coefficient (Wildman–Crippen LogP) is 4.88. The molecule has 7 heteroatoms. The summed E-state index contributed by atoms with van der Waals surface area (Å²) in [5, 5.41) is 3.02. The maximum absolute atomic E-state index is 12.0. The van der Waals surface area contributed by atoms with E-state index in [1.165, 1.54) is 11.3 Å². The summed E-state index contributed by atoms with van der Waals surface area (Å²) in [4.78, 5) is 16.6. The Hall–Kier alpha value is -0.430. The molecule has 2 heterocycles. The molecule has 0 unspecified atom stereocenters. The zero-order chi connectivity index (χ0) is 13.3. The summed E-state index contributed by atoms with van der Waals surface area (Å²) in [7, 11) is 0. The van der Waals surface area contributed by atoms with Gasteiger partial charge in [0.25, 0.3) is 5.91 Å². The number of hydrogen-bond donors (Lipinski definition) is 1. The van der Waals surface area contributed by atoms with Crippen LogP contribution >= 0.6 is 54.8 Å². The van der Waals surface area contributed by atoms with Gasteiger partial charge in [-0.3, -0.25) is 4.79 Å². The van der Waals surface area contributed by atoms with Gasteiger partial charge in [0, 0.05) is 10.7 Å². The molecule has 2 aromatic rings. The Morgan fingerprint density at radius 3 is 2.78 bits per heavy atom. The highest BCUT2D eigenvalue weighted by Crippen LogP contribution is 2.33. The van der Waals surface area contributed by atoms with E-state index in [4.69, 9.17) is 11.6 Å². The summed E-state index contributed by atoms with van der Waals surface area (Å²) in [6.07, 6.45) is 1.65. The number of aryl methyl sites for hydroxylation is 1. The van der Waals surface area contributed by atoms with Crippen molar-refractivity contribution in [3.05, 3.63) is 42.2 Å². The molecule has 0 radical (unpaired) electrons. The van der Waals surface area contributed by atoms with Crippen molar-refractivity contribution in [1.82, 2.24) is 4.98 Å². The van der Waals surface area contributed by atoms with E-state index < -0.39 is 0 Å². The second-order valence-electron chi connectivity index (χ2n) is 3.54. The fourth-order valence-corrected chi connectivity index (χ4v) is 3.36. The number of carbonyl (C=O) groups excluding carboxylic acids is 1. The molecule has 2 rings (SSSR count). The van der Waals surface area contributed by atoms with Crippen LogP contribution in [0.5, 0.6) is 0 Å². The van der Waals surface area contributed by atoms with Crippen LogP contribution in [0.25, 0.3) is 0 Å². The molecule has 1 N–H and O–H groups in total. The summed E-state index contributed by atoms with van der Waals surface area (Å²) in [6.45, 7) is 1.89. The van der Waals surface area contributed by atoms with Gasteiger partial charge in [-0.05, 0) is 56.5 Å². The van der Waals surface area contributed by atoms with Gasteiger partial charge in [-0.25, -0.2) is 4.98 Å². The van der Waals surface area contributed by atoms with Crippen LogP contribution < -0.4 is 5.32 Å². The summed E-state index contributed by atoms with van der Waals surface area (Å²) in [6, 6.07) is 3.53. The summed E-state index contributed by atoms with van der Waals surface area (Å²) >= 11 is 14.0. The third-order valence-electron chi connectivity index (χ3n) is 2.09. The molecule has 0 aliphatic heterocycles. The molecule has 2 aromatic heterocycles. The molecule has 0 bridgehead atoms. The van der Waals surface area contributed by atoms with Crippen molar-refractivity contribution in [1.29, 1.82) is 0 Å². The number of hydrogen-bond acceptors (Lipinski definition) is 3. The molecule has 0 aliphatic rings. The van der Waals surface area contributed by atoms with Crippen molar-refractivity contribution >= 4 is 66.4 Å². The zero-order valence-electron chi connectivity index (χ0n) is 9.13. The van der Waals surface area contributed by atoms with Gasteiger partial charge in [0.2, 0.25) is 0 Å². The first-order valence-corrected chi connectivity index (χ1v) is 7.63. The Labute approximate surface area is 130 Å².